The SMILES string of the molecule is COc1c(C)cnc(CNCC2(O)CCCC2)c1C. The summed E-state index contributed by atoms with van der Waals surface area (Å²) in [6.07, 6.45) is 5.92. The second kappa shape index (κ2) is 5.88. The minimum Gasteiger partial charge on any atom is -0.496 e. The molecule has 4 nitrogen and oxygen atoms in total. The van der Waals surface area contributed by atoms with E-state index in [9.17, 15) is 5.11 Å². The third kappa shape index (κ3) is 3.25. The Labute approximate surface area is 115 Å². The van der Waals surface area contributed by atoms with Crippen molar-refractivity contribution in [2.24, 2.45) is 0 Å². The van der Waals surface area contributed by atoms with Crippen molar-refractivity contribution in [3.63, 3.8) is 0 Å². The summed E-state index contributed by atoms with van der Waals surface area (Å²) < 4.78 is 5.40. The molecule has 1 aliphatic rings. The van der Waals surface area contributed by atoms with E-state index in [0.717, 1.165) is 48.3 Å². The molecule has 2 rings (SSSR count). The molecular formula is C15H24N2O2. The van der Waals surface area contributed by atoms with Crippen LogP contribution in [-0.4, -0.2) is 29.3 Å². The van der Waals surface area contributed by atoms with E-state index in [1.807, 2.05) is 20.0 Å². The van der Waals surface area contributed by atoms with Crippen LogP contribution in [0, 0.1) is 13.8 Å². The summed E-state index contributed by atoms with van der Waals surface area (Å²) in [5, 5.41) is 13.6. The van der Waals surface area contributed by atoms with Gasteiger partial charge in [-0.25, -0.2) is 0 Å². The summed E-state index contributed by atoms with van der Waals surface area (Å²) in [6.45, 7) is 5.34. The van der Waals surface area contributed by atoms with Gasteiger partial charge in [-0.3, -0.25) is 4.98 Å². The van der Waals surface area contributed by atoms with Crippen LogP contribution in [0.2, 0.25) is 0 Å². The van der Waals surface area contributed by atoms with E-state index in [1.54, 1.807) is 7.11 Å². The zero-order chi connectivity index (χ0) is 13.9. The number of aromatic nitrogens is 1. The summed E-state index contributed by atoms with van der Waals surface area (Å²) in [5.41, 5.74) is 2.61. The summed E-state index contributed by atoms with van der Waals surface area (Å²) in [5.74, 6) is 0.909. The highest BCUT2D eigenvalue weighted by molar-refractivity contribution is 5.40. The van der Waals surface area contributed by atoms with Crippen LogP contribution >= 0.6 is 0 Å². The predicted molar refractivity (Wildman–Crippen MR) is 75.4 cm³/mol. The number of aliphatic hydroxyl groups is 1. The van der Waals surface area contributed by atoms with Crippen molar-refractivity contribution in [1.82, 2.24) is 10.3 Å². The van der Waals surface area contributed by atoms with Crippen LogP contribution in [0.5, 0.6) is 5.75 Å². The fourth-order valence-electron chi connectivity index (χ4n) is 2.87. The molecule has 1 aromatic heterocycles. The largest absolute Gasteiger partial charge is 0.496 e. The highest BCUT2D eigenvalue weighted by Gasteiger charge is 2.30. The van der Waals surface area contributed by atoms with Gasteiger partial charge in [-0.05, 0) is 26.7 Å². The first-order valence-electron chi connectivity index (χ1n) is 6.98. The normalized spacial score (nSPS) is 17.7. The van der Waals surface area contributed by atoms with Crippen LogP contribution in [0.4, 0.5) is 0 Å². The van der Waals surface area contributed by atoms with Crippen molar-refractivity contribution >= 4 is 0 Å². The number of nitrogens with one attached hydrogen (secondary N) is 1. The van der Waals surface area contributed by atoms with Gasteiger partial charge in [0.1, 0.15) is 5.75 Å². The molecule has 0 radical (unpaired) electrons. The molecule has 1 aromatic rings. The molecule has 0 unspecified atom stereocenters. The fourth-order valence-corrected chi connectivity index (χ4v) is 2.87. The number of nitrogens with zero attached hydrogens (tertiary/aromatic N) is 1. The average molecular weight is 264 g/mol. The van der Waals surface area contributed by atoms with E-state index in [1.165, 1.54) is 0 Å². The number of hydrogen-bond donors (Lipinski definition) is 2. The lowest BCUT2D eigenvalue weighted by atomic mass is 10.0. The van der Waals surface area contributed by atoms with E-state index in [4.69, 9.17) is 4.74 Å². The molecule has 0 aliphatic heterocycles. The number of aryl methyl sites for hydroxylation is 1. The molecule has 1 saturated carbocycles. The first kappa shape index (κ1) is 14.3. The molecule has 0 amide bonds. The lowest BCUT2D eigenvalue weighted by molar-refractivity contribution is 0.0474. The maximum absolute atomic E-state index is 10.3. The Bertz CT molecular complexity index is 440. The van der Waals surface area contributed by atoms with Crippen molar-refractivity contribution in [2.75, 3.05) is 13.7 Å². The quantitative estimate of drug-likeness (QED) is 0.855. The van der Waals surface area contributed by atoms with Gasteiger partial charge in [0, 0.05) is 30.4 Å². The third-order valence-electron chi connectivity index (χ3n) is 4.03. The smallest absolute Gasteiger partial charge is 0.128 e. The van der Waals surface area contributed by atoms with E-state index in [-0.39, 0.29) is 0 Å². The van der Waals surface area contributed by atoms with E-state index in [0.29, 0.717) is 13.1 Å². The maximum atomic E-state index is 10.3. The van der Waals surface area contributed by atoms with E-state index in [2.05, 4.69) is 10.3 Å². The second-order valence-electron chi connectivity index (χ2n) is 5.58. The van der Waals surface area contributed by atoms with Crippen LogP contribution in [0.3, 0.4) is 0 Å². The first-order chi connectivity index (χ1) is 9.06. The van der Waals surface area contributed by atoms with E-state index >= 15 is 0 Å². The minimum atomic E-state index is -0.511. The standard InChI is InChI=1S/C15H24N2O2/c1-11-8-17-13(12(2)14(11)19-3)9-16-10-15(18)6-4-5-7-15/h8,16,18H,4-7,9-10H2,1-3H3. The van der Waals surface area contributed by atoms with Crippen molar-refractivity contribution in [3.05, 3.63) is 23.0 Å². The van der Waals surface area contributed by atoms with E-state index < -0.39 is 5.60 Å². The molecule has 106 valence electrons. The minimum absolute atomic E-state index is 0.511. The van der Waals surface area contributed by atoms with Crippen LogP contribution in [0.1, 0.15) is 42.5 Å². The summed E-state index contributed by atoms with van der Waals surface area (Å²) in [6, 6.07) is 0. The lowest BCUT2D eigenvalue weighted by Gasteiger charge is -2.22. The monoisotopic (exact) mass is 264 g/mol. The van der Waals surface area contributed by atoms with Crippen LogP contribution < -0.4 is 10.1 Å². The predicted octanol–water partition coefficient (Wildman–Crippen LogP) is 2.10. The van der Waals surface area contributed by atoms with Crippen LogP contribution in [-0.2, 0) is 6.54 Å². The Morgan fingerprint density at radius 1 is 1.37 bits per heavy atom. The molecule has 1 heterocycles. The Morgan fingerprint density at radius 3 is 2.68 bits per heavy atom. The van der Waals surface area contributed by atoms with Gasteiger partial charge in [0.15, 0.2) is 0 Å². The van der Waals surface area contributed by atoms with Gasteiger partial charge in [0.2, 0.25) is 0 Å². The Hall–Kier alpha value is -1.13. The molecule has 0 saturated heterocycles. The molecule has 1 fully saturated rings. The third-order valence-corrected chi connectivity index (χ3v) is 4.03. The topological polar surface area (TPSA) is 54.4 Å². The molecule has 0 spiro atoms. The summed E-state index contributed by atoms with van der Waals surface area (Å²) in [7, 11) is 1.69. The van der Waals surface area contributed by atoms with Gasteiger partial charge in [0.05, 0.1) is 18.4 Å². The first-order valence-corrected chi connectivity index (χ1v) is 6.98. The van der Waals surface area contributed by atoms with Gasteiger partial charge in [-0.15, -0.1) is 0 Å². The van der Waals surface area contributed by atoms with Gasteiger partial charge in [-0.1, -0.05) is 12.8 Å². The number of hydrogen-bond acceptors (Lipinski definition) is 4. The van der Waals surface area contributed by atoms with Gasteiger partial charge >= 0.3 is 0 Å². The zero-order valence-corrected chi connectivity index (χ0v) is 12.1. The second-order valence-corrected chi connectivity index (χ2v) is 5.58. The molecule has 2 N–H and O–H groups in total. The fraction of sp³-hybridized carbons (Fsp3) is 0.667. The molecule has 1 aliphatic carbocycles. The lowest BCUT2D eigenvalue weighted by Crippen LogP contribution is -2.37. The molecule has 0 atom stereocenters. The van der Waals surface area contributed by atoms with Gasteiger partial charge < -0.3 is 15.2 Å². The number of pyridine rings is 1. The molecule has 4 heteroatoms. The van der Waals surface area contributed by atoms with Crippen LogP contribution in [0.15, 0.2) is 6.20 Å². The summed E-state index contributed by atoms with van der Waals surface area (Å²) in [4.78, 5) is 4.45. The molecule has 0 bridgehead atoms. The van der Waals surface area contributed by atoms with Crippen LogP contribution in [0.25, 0.3) is 0 Å². The van der Waals surface area contributed by atoms with Crippen molar-refractivity contribution in [1.29, 1.82) is 0 Å². The van der Waals surface area contributed by atoms with Gasteiger partial charge in [-0.2, -0.15) is 0 Å². The van der Waals surface area contributed by atoms with Crippen molar-refractivity contribution in [2.45, 2.75) is 51.7 Å². The Kier molecular flexibility index (Phi) is 4.42. The average Bonchev–Trinajstić information content (AvgIpc) is 2.80. The maximum Gasteiger partial charge on any atom is 0.128 e. The van der Waals surface area contributed by atoms with Gasteiger partial charge in [0.25, 0.3) is 0 Å². The molecule has 19 heavy (non-hydrogen) atoms. The Balaban J connectivity index is 1.96. The number of methoxy groups -OCH3 is 1. The summed E-state index contributed by atoms with van der Waals surface area (Å²) >= 11 is 0. The highest BCUT2D eigenvalue weighted by atomic mass is 16.5. The van der Waals surface area contributed by atoms with Crippen molar-refractivity contribution in [3.8, 4) is 5.75 Å². The molecule has 0 aromatic carbocycles. The highest BCUT2D eigenvalue weighted by Crippen LogP contribution is 2.29. The molecular weight excluding hydrogens is 240 g/mol. The Morgan fingerprint density at radius 2 is 2.05 bits per heavy atom. The number of ether oxygens (including phenoxy) is 1. The van der Waals surface area contributed by atoms with Crippen molar-refractivity contribution < 1.29 is 9.84 Å². The number of rotatable bonds is 5. The zero-order valence-electron chi connectivity index (χ0n) is 12.1.